The highest BCUT2D eigenvalue weighted by molar-refractivity contribution is 7.09. The third-order valence-corrected chi connectivity index (χ3v) is 3.17. The summed E-state index contributed by atoms with van der Waals surface area (Å²) in [5.74, 6) is 0.144. The predicted octanol–water partition coefficient (Wildman–Crippen LogP) is 0.0901. The van der Waals surface area contributed by atoms with Crippen molar-refractivity contribution in [2.45, 2.75) is 25.4 Å². The molecule has 0 unspecified atom stereocenters. The maximum Gasteiger partial charge on any atom is 0.275 e. The average molecular weight is 211 g/mol. The molecule has 0 spiro atoms. The van der Waals surface area contributed by atoms with Gasteiger partial charge in [-0.2, -0.15) is 0 Å². The topological polar surface area (TPSA) is 45.7 Å². The van der Waals surface area contributed by atoms with Crippen LogP contribution in [0, 0.1) is 0 Å². The molecule has 1 aromatic heterocycles. The highest BCUT2D eigenvalue weighted by Crippen LogP contribution is 2.13. The molecule has 14 heavy (non-hydrogen) atoms. The number of carbonyl (C=O) groups is 1. The lowest BCUT2D eigenvalue weighted by Gasteiger charge is -2.01. The molecule has 1 saturated carbocycles. The Morgan fingerprint density at radius 3 is 3.14 bits per heavy atom. The van der Waals surface area contributed by atoms with E-state index in [0.29, 0.717) is 13.1 Å². The van der Waals surface area contributed by atoms with E-state index < -0.39 is 0 Å². The van der Waals surface area contributed by atoms with E-state index in [4.69, 9.17) is 0 Å². The van der Waals surface area contributed by atoms with Crippen LogP contribution >= 0.6 is 11.3 Å². The van der Waals surface area contributed by atoms with Crippen molar-refractivity contribution in [2.24, 2.45) is 0 Å². The molecule has 0 aliphatic heterocycles. The molecule has 0 bridgehead atoms. The number of nitrogens with two attached hydrogens (primary N) is 1. The first-order valence-electron chi connectivity index (χ1n) is 4.97. The number of thiophene rings is 1. The summed E-state index contributed by atoms with van der Waals surface area (Å²) < 4.78 is 0. The summed E-state index contributed by atoms with van der Waals surface area (Å²) in [6.07, 6.45) is 2.55. The predicted molar refractivity (Wildman–Crippen MR) is 56.0 cm³/mol. The van der Waals surface area contributed by atoms with Crippen molar-refractivity contribution >= 4 is 17.2 Å². The second kappa shape index (κ2) is 4.57. The molecule has 1 aliphatic rings. The molecular weight excluding hydrogens is 196 g/mol. The van der Waals surface area contributed by atoms with Gasteiger partial charge < -0.3 is 10.6 Å². The van der Waals surface area contributed by atoms with E-state index in [9.17, 15) is 4.79 Å². The van der Waals surface area contributed by atoms with E-state index in [-0.39, 0.29) is 5.91 Å². The summed E-state index contributed by atoms with van der Waals surface area (Å²) in [5, 5.41) is 7.06. The fourth-order valence-corrected chi connectivity index (χ4v) is 1.92. The molecule has 2 rings (SSSR count). The van der Waals surface area contributed by atoms with Crippen LogP contribution in [0.5, 0.6) is 0 Å². The van der Waals surface area contributed by atoms with Crippen molar-refractivity contribution in [3.8, 4) is 0 Å². The Morgan fingerprint density at radius 2 is 2.50 bits per heavy atom. The quantitative estimate of drug-likeness (QED) is 0.712. The van der Waals surface area contributed by atoms with Gasteiger partial charge in [-0.3, -0.25) is 4.79 Å². The number of hydrogen-bond acceptors (Lipinski definition) is 2. The van der Waals surface area contributed by atoms with Gasteiger partial charge in [0, 0.05) is 17.7 Å². The van der Waals surface area contributed by atoms with E-state index in [0.717, 1.165) is 6.04 Å². The summed E-state index contributed by atoms with van der Waals surface area (Å²) in [4.78, 5) is 12.5. The van der Waals surface area contributed by atoms with Crippen LogP contribution in [0.2, 0.25) is 0 Å². The summed E-state index contributed by atoms with van der Waals surface area (Å²) in [6.45, 7) is 1.26. The van der Waals surface area contributed by atoms with Gasteiger partial charge in [-0.25, -0.2) is 0 Å². The Kier molecular flexibility index (Phi) is 3.16. The average Bonchev–Trinajstić information content (AvgIpc) is 2.87. The van der Waals surface area contributed by atoms with Gasteiger partial charge in [0.2, 0.25) is 0 Å². The number of quaternary nitrogens is 1. The molecule has 3 nitrogen and oxygen atoms in total. The molecule has 0 radical (unpaired) electrons. The first-order chi connectivity index (χ1) is 6.84. The van der Waals surface area contributed by atoms with Crippen molar-refractivity contribution in [1.29, 1.82) is 0 Å². The Morgan fingerprint density at radius 1 is 1.64 bits per heavy atom. The third kappa shape index (κ3) is 3.12. The number of rotatable bonds is 5. The van der Waals surface area contributed by atoms with Crippen molar-refractivity contribution < 1.29 is 10.1 Å². The molecule has 0 aromatic carbocycles. The standard InChI is InChI=1S/C10H14N2OS/c13-10(7-11-8-3-4-8)12-6-9-2-1-5-14-9/h1-2,5,8,11H,3-4,6-7H2,(H,12,13)/p+1. The zero-order chi connectivity index (χ0) is 9.80. The first kappa shape index (κ1) is 9.68. The maximum absolute atomic E-state index is 11.3. The van der Waals surface area contributed by atoms with Crippen molar-refractivity contribution in [2.75, 3.05) is 6.54 Å². The maximum atomic E-state index is 11.3. The number of hydrogen-bond donors (Lipinski definition) is 2. The Labute approximate surface area is 87.5 Å². The molecule has 3 N–H and O–H groups in total. The minimum absolute atomic E-state index is 0.144. The van der Waals surface area contributed by atoms with Gasteiger partial charge in [-0.1, -0.05) is 6.07 Å². The molecule has 1 fully saturated rings. The zero-order valence-corrected chi connectivity index (χ0v) is 8.85. The van der Waals surface area contributed by atoms with Crippen LogP contribution in [0.15, 0.2) is 17.5 Å². The fraction of sp³-hybridized carbons (Fsp3) is 0.500. The SMILES string of the molecule is O=C(C[NH2+]C1CC1)NCc1cccs1. The van der Waals surface area contributed by atoms with Crippen LogP contribution < -0.4 is 10.6 Å². The fourth-order valence-electron chi connectivity index (χ4n) is 1.28. The summed E-state index contributed by atoms with van der Waals surface area (Å²) >= 11 is 1.68. The van der Waals surface area contributed by atoms with Crippen molar-refractivity contribution in [1.82, 2.24) is 5.32 Å². The van der Waals surface area contributed by atoms with Gasteiger partial charge in [0.1, 0.15) is 0 Å². The largest absolute Gasteiger partial charge is 0.346 e. The van der Waals surface area contributed by atoms with Crippen molar-refractivity contribution in [3.63, 3.8) is 0 Å². The van der Waals surface area contributed by atoms with Gasteiger partial charge in [0.25, 0.3) is 5.91 Å². The molecule has 0 atom stereocenters. The highest BCUT2D eigenvalue weighted by Gasteiger charge is 2.25. The Hall–Kier alpha value is -0.870. The lowest BCUT2D eigenvalue weighted by atomic mass is 10.4. The first-order valence-corrected chi connectivity index (χ1v) is 5.85. The van der Waals surface area contributed by atoms with Crippen molar-refractivity contribution in [3.05, 3.63) is 22.4 Å². The molecular formula is C10H15N2OS+. The van der Waals surface area contributed by atoms with Gasteiger partial charge in [0.15, 0.2) is 6.54 Å². The molecule has 4 heteroatoms. The number of amides is 1. The number of nitrogens with one attached hydrogen (secondary N) is 1. The van der Waals surface area contributed by atoms with E-state index in [1.807, 2.05) is 17.5 Å². The highest BCUT2D eigenvalue weighted by atomic mass is 32.1. The van der Waals surface area contributed by atoms with Crippen LogP contribution in [0.25, 0.3) is 0 Å². The molecule has 1 amide bonds. The Balaban J connectivity index is 1.62. The molecule has 1 aromatic rings. The van der Waals surface area contributed by atoms with E-state index in [1.54, 1.807) is 11.3 Å². The van der Waals surface area contributed by atoms with Crippen LogP contribution in [-0.2, 0) is 11.3 Å². The van der Waals surface area contributed by atoms with Gasteiger partial charge in [0.05, 0.1) is 12.6 Å². The molecule has 76 valence electrons. The van der Waals surface area contributed by atoms with E-state index in [2.05, 4.69) is 10.6 Å². The van der Waals surface area contributed by atoms with Crippen LogP contribution in [0.4, 0.5) is 0 Å². The van der Waals surface area contributed by atoms with Gasteiger partial charge in [-0.05, 0) is 11.4 Å². The second-order valence-electron chi connectivity index (χ2n) is 3.63. The van der Waals surface area contributed by atoms with Crippen LogP contribution in [0.1, 0.15) is 17.7 Å². The van der Waals surface area contributed by atoms with Crippen LogP contribution in [-0.4, -0.2) is 18.5 Å². The lowest BCUT2D eigenvalue weighted by molar-refractivity contribution is -0.657. The van der Waals surface area contributed by atoms with Gasteiger partial charge >= 0.3 is 0 Å². The normalized spacial score (nSPS) is 15.4. The van der Waals surface area contributed by atoms with Crippen LogP contribution in [0.3, 0.4) is 0 Å². The smallest absolute Gasteiger partial charge is 0.275 e. The second-order valence-corrected chi connectivity index (χ2v) is 4.67. The minimum atomic E-state index is 0.144. The molecule has 1 heterocycles. The third-order valence-electron chi connectivity index (χ3n) is 2.30. The van der Waals surface area contributed by atoms with E-state index >= 15 is 0 Å². The van der Waals surface area contributed by atoms with E-state index in [1.165, 1.54) is 17.7 Å². The molecule has 0 saturated heterocycles. The summed E-state index contributed by atoms with van der Waals surface area (Å²) in [5.41, 5.74) is 0. The summed E-state index contributed by atoms with van der Waals surface area (Å²) in [6, 6.07) is 4.76. The van der Waals surface area contributed by atoms with Gasteiger partial charge in [-0.15, -0.1) is 11.3 Å². The number of carbonyl (C=O) groups excluding carboxylic acids is 1. The lowest BCUT2D eigenvalue weighted by Crippen LogP contribution is -2.88. The monoisotopic (exact) mass is 211 g/mol. The minimum Gasteiger partial charge on any atom is -0.346 e. The molecule has 1 aliphatic carbocycles. The Bertz CT molecular complexity index is 293. The summed E-state index contributed by atoms with van der Waals surface area (Å²) in [7, 11) is 0. The zero-order valence-electron chi connectivity index (χ0n) is 8.03.